The number of piperidine rings is 3. The summed E-state index contributed by atoms with van der Waals surface area (Å²) in [7, 11) is 0. The first-order chi connectivity index (χ1) is 9.23. The summed E-state index contributed by atoms with van der Waals surface area (Å²) >= 11 is 0. The Labute approximate surface area is 113 Å². The van der Waals surface area contributed by atoms with E-state index in [0.29, 0.717) is 32.0 Å². The second kappa shape index (κ2) is 5.10. The van der Waals surface area contributed by atoms with Gasteiger partial charge >= 0.3 is 0 Å². The van der Waals surface area contributed by atoms with Gasteiger partial charge in [0.15, 0.2) is 0 Å². The maximum Gasteiger partial charge on any atom is 0.240 e. The lowest BCUT2D eigenvalue weighted by Crippen LogP contribution is -2.59. The van der Waals surface area contributed by atoms with Crippen molar-refractivity contribution in [2.45, 2.75) is 31.7 Å². The molecule has 1 unspecified atom stereocenters. The van der Waals surface area contributed by atoms with Gasteiger partial charge in [-0.15, -0.1) is 0 Å². The molecule has 1 atom stereocenters. The van der Waals surface area contributed by atoms with Crippen LogP contribution in [0.4, 0.5) is 0 Å². The number of nitrogens with one attached hydrogen (secondary N) is 1. The minimum absolute atomic E-state index is 0.0722. The maximum atomic E-state index is 12.5. The second-order valence-electron chi connectivity index (χ2n) is 6.02. The number of rotatable bonds is 2. The molecule has 0 aromatic heterocycles. The molecule has 1 N–H and O–H groups in total. The Morgan fingerprint density at radius 2 is 2.00 bits per heavy atom. The van der Waals surface area contributed by atoms with Crippen LogP contribution in [0.5, 0.6) is 0 Å². The standard InChI is InChI=1S/C14H21N3O2/c15-10-14(3-7-19-8-4-14)13(18)16-12-9-17-5-1-11(12)2-6-17/h11-12H,1-9H2,(H,16,18). The number of nitriles is 1. The van der Waals surface area contributed by atoms with Crippen LogP contribution in [0.2, 0.25) is 0 Å². The van der Waals surface area contributed by atoms with Crippen LogP contribution in [0.1, 0.15) is 25.7 Å². The van der Waals surface area contributed by atoms with Crippen molar-refractivity contribution in [3.05, 3.63) is 0 Å². The van der Waals surface area contributed by atoms with Gasteiger partial charge in [0.25, 0.3) is 0 Å². The van der Waals surface area contributed by atoms with Gasteiger partial charge in [0.1, 0.15) is 5.41 Å². The first-order valence-electron chi connectivity index (χ1n) is 7.26. The Morgan fingerprint density at radius 1 is 1.32 bits per heavy atom. The average molecular weight is 263 g/mol. The molecule has 5 heteroatoms. The minimum atomic E-state index is -0.857. The van der Waals surface area contributed by atoms with Crippen LogP contribution in [0.3, 0.4) is 0 Å². The van der Waals surface area contributed by atoms with E-state index in [1.807, 2.05) is 0 Å². The van der Waals surface area contributed by atoms with Gasteiger partial charge < -0.3 is 15.0 Å². The highest BCUT2D eigenvalue weighted by molar-refractivity contribution is 5.85. The molecular formula is C14H21N3O2. The number of nitrogens with zero attached hydrogens (tertiary/aromatic N) is 2. The van der Waals surface area contributed by atoms with Gasteiger partial charge in [0, 0.05) is 25.8 Å². The summed E-state index contributed by atoms with van der Waals surface area (Å²) in [6.07, 6.45) is 3.40. The van der Waals surface area contributed by atoms with Gasteiger partial charge in [-0.05, 0) is 44.7 Å². The van der Waals surface area contributed by atoms with Crippen LogP contribution in [0.25, 0.3) is 0 Å². The third kappa shape index (κ3) is 2.35. The Bertz CT molecular complexity index is 390. The van der Waals surface area contributed by atoms with Crippen LogP contribution < -0.4 is 5.32 Å². The summed E-state index contributed by atoms with van der Waals surface area (Å²) in [5, 5.41) is 12.5. The van der Waals surface area contributed by atoms with Gasteiger partial charge in [0.2, 0.25) is 5.91 Å². The summed E-state index contributed by atoms with van der Waals surface area (Å²) in [6, 6.07) is 2.48. The molecule has 0 aliphatic carbocycles. The normalized spacial score (nSPS) is 36.5. The molecule has 104 valence electrons. The molecule has 4 aliphatic rings. The first-order valence-corrected chi connectivity index (χ1v) is 7.26. The quantitative estimate of drug-likeness (QED) is 0.788. The minimum Gasteiger partial charge on any atom is -0.381 e. The van der Waals surface area contributed by atoms with E-state index in [-0.39, 0.29) is 11.9 Å². The number of hydrogen-bond acceptors (Lipinski definition) is 4. The molecule has 4 rings (SSSR count). The lowest BCUT2D eigenvalue weighted by atomic mass is 9.79. The first kappa shape index (κ1) is 12.9. The number of carbonyl (C=O) groups excluding carboxylic acids is 1. The van der Waals surface area contributed by atoms with E-state index >= 15 is 0 Å². The van der Waals surface area contributed by atoms with Crippen molar-refractivity contribution in [1.29, 1.82) is 5.26 Å². The van der Waals surface area contributed by atoms with Crippen molar-refractivity contribution in [3.8, 4) is 6.07 Å². The molecule has 0 saturated carbocycles. The maximum absolute atomic E-state index is 12.5. The Balaban J connectivity index is 1.66. The number of carbonyl (C=O) groups is 1. The molecule has 19 heavy (non-hydrogen) atoms. The fourth-order valence-corrected chi connectivity index (χ4v) is 3.54. The fraction of sp³-hybridized carbons (Fsp3) is 0.857. The molecule has 2 bridgehead atoms. The highest BCUT2D eigenvalue weighted by Gasteiger charge is 2.43. The number of ether oxygens (including phenoxy) is 1. The molecule has 0 aromatic carbocycles. The van der Waals surface area contributed by atoms with Crippen LogP contribution >= 0.6 is 0 Å². The molecule has 0 spiro atoms. The van der Waals surface area contributed by atoms with E-state index < -0.39 is 5.41 Å². The second-order valence-corrected chi connectivity index (χ2v) is 6.02. The zero-order chi connectivity index (χ0) is 13.3. The highest BCUT2D eigenvalue weighted by Crippen LogP contribution is 2.32. The molecule has 0 aromatic rings. The van der Waals surface area contributed by atoms with Crippen LogP contribution in [0, 0.1) is 22.7 Å². The number of hydrogen-bond donors (Lipinski definition) is 1. The van der Waals surface area contributed by atoms with Crippen molar-refractivity contribution < 1.29 is 9.53 Å². The topological polar surface area (TPSA) is 65.4 Å². The summed E-state index contributed by atoms with van der Waals surface area (Å²) in [4.78, 5) is 14.9. The average Bonchev–Trinajstić information content (AvgIpc) is 2.49. The van der Waals surface area contributed by atoms with Gasteiger partial charge in [0.05, 0.1) is 6.07 Å². The zero-order valence-electron chi connectivity index (χ0n) is 11.2. The Hall–Kier alpha value is -1.12. The SMILES string of the molecule is N#CC1(C(=O)NC2CN3CCC2CC3)CCOCC1. The van der Waals surface area contributed by atoms with Crippen LogP contribution in [-0.2, 0) is 9.53 Å². The molecule has 4 aliphatic heterocycles. The molecule has 4 saturated heterocycles. The molecule has 1 amide bonds. The summed E-state index contributed by atoms with van der Waals surface area (Å²) in [5.74, 6) is 0.529. The number of amides is 1. The van der Waals surface area contributed by atoms with E-state index in [9.17, 15) is 10.1 Å². The zero-order valence-corrected chi connectivity index (χ0v) is 11.2. The van der Waals surface area contributed by atoms with Gasteiger partial charge in [-0.2, -0.15) is 5.26 Å². The van der Waals surface area contributed by atoms with Crippen molar-refractivity contribution in [2.24, 2.45) is 11.3 Å². The van der Waals surface area contributed by atoms with Gasteiger partial charge in [-0.1, -0.05) is 0 Å². The van der Waals surface area contributed by atoms with Crippen LogP contribution in [-0.4, -0.2) is 49.7 Å². The Kier molecular flexibility index (Phi) is 3.46. The van der Waals surface area contributed by atoms with Gasteiger partial charge in [-0.3, -0.25) is 4.79 Å². The van der Waals surface area contributed by atoms with Crippen molar-refractivity contribution in [1.82, 2.24) is 10.2 Å². The summed E-state index contributed by atoms with van der Waals surface area (Å²) in [6.45, 7) is 4.30. The lowest BCUT2D eigenvalue weighted by molar-refractivity contribution is -0.134. The molecule has 0 radical (unpaired) electrons. The monoisotopic (exact) mass is 263 g/mol. The largest absolute Gasteiger partial charge is 0.381 e. The van der Waals surface area contributed by atoms with E-state index in [4.69, 9.17) is 4.74 Å². The van der Waals surface area contributed by atoms with Crippen molar-refractivity contribution in [3.63, 3.8) is 0 Å². The van der Waals surface area contributed by atoms with Crippen molar-refractivity contribution >= 4 is 5.91 Å². The van der Waals surface area contributed by atoms with E-state index in [1.54, 1.807) is 0 Å². The van der Waals surface area contributed by atoms with E-state index in [2.05, 4.69) is 16.3 Å². The van der Waals surface area contributed by atoms with Crippen molar-refractivity contribution in [2.75, 3.05) is 32.8 Å². The Morgan fingerprint density at radius 3 is 2.53 bits per heavy atom. The molecule has 4 heterocycles. The number of fused-ring (bicyclic) bond motifs is 3. The predicted octanol–water partition coefficient (Wildman–Crippen LogP) is 0.517. The predicted molar refractivity (Wildman–Crippen MR) is 69.2 cm³/mol. The van der Waals surface area contributed by atoms with Crippen LogP contribution in [0.15, 0.2) is 0 Å². The molecule has 4 fully saturated rings. The fourth-order valence-electron chi connectivity index (χ4n) is 3.54. The smallest absolute Gasteiger partial charge is 0.240 e. The lowest BCUT2D eigenvalue weighted by Gasteiger charge is -2.45. The third-order valence-corrected chi connectivity index (χ3v) is 4.97. The summed E-state index contributed by atoms with van der Waals surface area (Å²) < 4.78 is 5.28. The summed E-state index contributed by atoms with van der Waals surface area (Å²) in [5.41, 5.74) is -0.857. The van der Waals surface area contributed by atoms with E-state index in [0.717, 1.165) is 19.6 Å². The van der Waals surface area contributed by atoms with Gasteiger partial charge in [-0.25, -0.2) is 0 Å². The third-order valence-electron chi connectivity index (χ3n) is 4.97. The molecular weight excluding hydrogens is 242 g/mol. The molecule has 5 nitrogen and oxygen atoms in total. The highest BCUT2D eigenvalue weighted by atomic mass is 16.5. The van der Waals surface area contributed by atoms with E-state index in [1.165, 1.54) is 12.8 Å².